The van der Waals surface area contributed by atoms with E-state index in [9.17, 15) is 0 Å². The molecule has 1 unspecified atom stereocenters. The Labute approximate surface area is 150 Å². The molecule has 0 heterocycles. The summed E-state index contributed by atoms with van der Waals surface area (Å²) in [5.41, 5.74) is 1.14. The molecule has 22 heavy (non-hydrogen) atoms. The van der Waals surface area contributed by atoms with Gasteiger partial charge in [-0.25, -0.2) is 0 Å². The Morgan fingerprint density at radius 2 is 2.00 bits per heavy atom. The summed E-state index contributed by atoms with van der Waals surface area (Å²) in [4.78, 5) is 4.17. The van der Waals surface area contributed by atoms with E-state index in [1.165, 1.54) is 0 Å². The zero-order chi connectivity index (χ0) is 15.5. The van der Waals surface area contributed by atoms with Crippen LogP contribution in [-0.4, -0.2) is 45.4 Å². The summed E-state index contributed by atoms with van der Waals surface area (Å²) in [6.07, 6.45) is 0.0524. The van der Waals surface area contributed by atoms with E-state index in [-0.39, 0.29) is 30.1 Å². The number of aliphatic imine (C=N–C) groups is 1. The normalized spacial score (nSPS) is 12.3. The predicted molar refractivity (Wildman–Crippen MR) is 103 cm³/mol. The average Bonchev–Trinajstić information content (AvgIpc) is 2.49. The van der Waals surface area contributed by atoms with Gasteiger partial charge in [0.15, 0.2) is 5.96 Å². The lowest BCUT2D eigenvalue weighted by Crippen LogP contribution is -2.42. The molecule has 0 fully saturated rings. The van der Waals surface area contributed by atoms with Gasteiger partial charge in [-0.15, -0.1) is 24.0 Å². The summed E-state index contributed by atoms with van der Waals surface area (Å²) in [6.45, 7) is 8.89. The third-order valence-electron chi connectivity index (χ3n) is 2.95. The summed E-state index contributed by atoms with van der Waals surface area (Å²) < 4.78 is 11.2. The van der Waals surface area contributed by atoms with Crippen molar-refractivity contribution >= 4 is 29.9 Å². The molecule has 2 N–H and O–H groups in total. The fourth-order valence-electron chi connectivity index (χ4n) is 1.79. The van der Waals surface area contributed by atoms with E-state index in [0.29, 0.717) is 13.2 Å². The van der Waals surface area contributed by atoms with E-state index < -0.39 is 0 Å². The highest BCUT2D eigenvalue weighted by molar-refractivity contribution is 14.0. The molecule has 0 aliphatic carbocycles. The molecule has 1 atom stereocenters. The third kappa shape index (κ3) is 8.43. The van der Waals surface area contributed by atoms with Gasteiger partial charge in [0.2, 0.25) is 0 Å². The fraction of sp³-hybridized carbons (Fsp3) is 0.562. The number of nitrogens with zero attached hydrogens (tertiary/aromatic N) is 1. The summed E-state index contributed by atoms with van der Waals surface area (Å²) in [6, 6.07) is 8.02. The highest BCUT2D eigenvalue weighted by Crippen LogP contribution is 2.17. The predicted octanol–water partition coefficient (Wildman–Crippen LogP) is 2.58. The summed E-state index contributed by atoms with van der Waals surface area (Å²) >= 11 is 0. The summed E-state index contributed by atoms with van der Waals surface area (Å²) in [7, 11) is 1.75. The lowest BCUT2D eigenvalue weighted by Gasteiger charge is -2.18. The molecule has 0 aliphatic rings. The van der Waals surface area contributed by atoms with E-state index in [1.807, 2.05) is 45.0 Å². The fourth-order valence-corrected chi connectivity index (χ4v) is 1.79. The summed E-state index contributed by atoms with van der Waals surface area (Å²) in [5.74, 6) is 1.68. The van der Waals surface area contributed by atoms with E-state index in [0.717, 1.165) is 30.4 Å². The number of benzene rings is 1. The molecule has 6 heteroatoms. The van der Waals surface area contributed by atoms with Crippen molar-refractivity contribution in [3.63, 3.8) is 0 Å². The maximum Gasteiger partial charge on any atom is 0.191 e. The van der Waals surface area contributed by atoms with E-state index in [2.05, 4.69) is 15.6 Å². The number of halogens is 1. The molecule has 1 rings (SSSR count). The zero-order valence-corrected chi connectivity index (χ0v) is 16.2. The molecule has 126 valence electrons. The number of ether oxygens (including phenoxy) is 2. The Hall–Kier alpha value is -1.02. The number of rotatable bonds is 8. The Kier molecular flexibility index (Phi) is 11.9. The molecule has 0 saturated heterocycles. The average molecular weight is 421 g/mol. The Balaban J connectivity index is 0.00000441. The maximum absolute atomic E-state index is 5.91. The van der Waals surface area contributed by atoms with Crippen LogP contribution in [0.2, 0.25) is 0 Å². The molecular formula is C16H28IN3O2. The van der Waals surface area contributed by atoms with Crippen molar-refractivity contribution in [1.29, 1.82) is 0 Å². The highest BCUT2D eigenvalue weighted by Gasteiger charge is 2.07. The first-order valence-electron chi connectivity index (χ1n) is 7.42. The first-order valence-corrected chi connectivity index (χ1v) is 7.42. The third-order valence-corrected chi connectivity index (χ3v) is 2.95. The molecule has 0 aliphatic heterocycles. The number of guanidine groups is 1. The molecule has 0 spiro atoms. The van der Waals surface area contributed by atoms with Crippen LogP contribution in [-0.2, 0) is 4.74 Å². The van der Waals surface area contributed by atoms with Crippen molar-refractivity contribution in [3.8, 4) is 5.75 Å². The van der Waals surface area contributed by atoms with Gasteiger partial charge in [0.1, 0.15) is 11.9 Å². The van der Waals surface area contributed by atoms with Gasteiger partial charge in [-0.2, -0.15) is 0 Å². The van der Waals surface area contributed by atoms with Crippen LogP contribution in [0.1, 0.15) is 19.4 Å². The smallest absolute Gasteiger partial charge is 0.191 e. The van der Waals surface area contributed by atoms with Crippen LogP contribution in [0.4, 0.5) is 0 Å². The standard InChI is InChI=1S/C16H27N3O2.HI/c1-5-20-11-10-18-16(17-4)19-12-14(3)21-15-9-7-6-8-13(15)2;/h6-9,14H,5,10-12H2,1-4H3,(H2,17,18,19);1H. The molecule has 0 saturated carbocycles. The number of aryl methyl sites for hydroxylation is 1. The van der Waals surface area contributed by atoms with Crippen LogP contribution in [0, 0.1) is 6.92 Å². The van der Waals surface area contributed by atoms with Crippen molar-refractivity contribution in [1.82, 2.24) is 10.6 Å². The van der Waals surface area contributed by atoms with Crippen LogP contribution in [0.5, 0.6) is 5.75 Å². The Bertz CT molecular complexity index is 441. The molecule has 5 nitrogen and oxygen atoms in total. The minimum atomic E-state index is 0. The van der Waals surface area contributed by atoms with Gasteiger partial charge in [0.25, 0.3) is 0 Å². The number of hydrogen-bond acceptors (Lipinski definition) is 3. The molecule has 0 bridgehead atoms. The monoisotopic (exact) mass is 421 g/mol. The zero-order valence-electron chi connectivity index (χ0n) is 13.9. The number of para-hydroxylation sites is 1. The van der Waals surface area contributed by atoms with Crippen molar-refractivity contribution in [2.45, 2.75) is 26.9 Å². The molecule has 0 aromatic heterocycles. The topological polar surface area (TPSA) is 54.9 Å². The Morgan fingerprint density at radius 1 is 1.27 bits per heavy atom. The molecular weight excluding hydrogens is 393 g/mol. The van der Waals surface area contributed by atoms with E-state index in [1.54, 1.807) is 7.05 Å². The van der Waals surface area contributed by atoms with Gasteiger partial charge in [0.05, 0.1) is 13.2 Å². The first kappa shape index (κ1) is 21.0. The van der Waals surface area contributed by atoms with Crippen LogP contribution < -0.4 is 15.4 Å². The van der Waals surface area contributed by atoms with Gasteiger partial charge in [0, 0.05) is 20.2 Å². The molecule has 0 radical (unpaired) electrons. The number of hydrogen-bond donors (Lipinski definition) is 2. The van der Waals surface area contributed by atoms with Crippen molar-refractivity contribution in [2.75, 3.05) is 33.4 Å². The largest absolute Gasteiger partial charge is 0.489 e. The van der Waals surface area contributed by atoms with Gasteiger partial charge >= 0.3 is 0 Å². The second-order valence-corrected chi connectivity index (χ2v) is 4.77. The van der Waals surface area contributed by atoms with Gasteiger partial charge < -0.3 is 20.1 Å². The van der Waals surface area contributed by atoms with Crippen LogP contribution >= 0.6 is 24.0 Å². The lowest BCUT2D eigenvalue weighted by molar-refractivity contribution is 0.152. The Morgan fingerprint density at radius 3 is 2.64 bits per heavy atom. The van der Waals surface area contributed by atoms with Crippen LogP contribution in [0.25, 0.3) is 0 Å². The van der Waals surface area contributed by atoms with Gasteiger partial charge in [-0.3, -0.25) is 4.99 Å². The second-order valence-electron chi connectivity index (χ2n) is 4.77. The summed E-state index contributed by atoms with van der Waals surface area (Å²) in [5, 5.41) is 6.44. The lowest BCUT2D eigenvalue weighted by atomic mass is 10.2. The van der Waals surface area contributed by atoms with E-state index in [4.69, 9.17) is 9.47 Å². The highest BCUT2D eigenvalue weighted by atomic mass is 127. The quantitative estimate of drug-likeness (QED) is 0.293. The first-order chi connectivity index (χ1) is 10.2. The van der Waals surface area contributed by atoms with Gasteiger partial charge in [-0.1, -0.05) is 18.2 Å². The van der Waals surface area contributed by atoms with Gasteiger partial charge in [-0.05, 0) is 32.4 Å². The minimum Gasteiger partial charge on any atom is -0.489 e. The minimum absolute atomic E-state index is 0. The molecule has 1 aromatic carbocycles. The maximum atomic E-state index is 5.91. The van der Waals surface area contributed by atoms with Crippen molar-refractivity contribution < 1.29 is 9.47 Å². The van der Waals surface area contributed by atoms with Crippen LogP contribution in [0.3, 0.4) is 0 Å². The number of nitrogens with one attached hydrogen (secondary N) is 2. The molecule has 1 aromatic rings. The SMILES string of the molecule is CCOCCNC(=NC)NCC(C)Oc1ccccc1C.I. The second kappa shape index (κ2) is 12.5. The van der Waals surface area contributed by atoms with Crippen molar-refractivity contribution in [3.05, 3.63) is 29.8 Å². The molecule has 0 amide bonds. The van der Waals surface area contributed by atoms with Crippen LogP contribution in [0.15, 0.2) is 29.3 Å². The van der Waals surface area contributed by atoms with Crippen molar-refractivity contribution in [2.24, 2.45) is 4.99 Å². The van der Waals surface area contributed by atoms with E-state index >= 15 is 0 Å².